The molecular weight excluding hydrogens is 302 g/mol. The van der Waals surface area contributed by atoms with Crippen molar-refractivity contribution in [2.45, 2.75) is 34.1 Å². The first-order valence-corrected chi connectivity index (χ1v) is 7.39. The summed E-state index contributed by atoms with van der Waals surface area (Å²) in [5.41, 5.74) is 4.65. The van der Waals surface area contributed by atoms with Gasteiger partial charge in [-0.2, -0.15) is 0 Å². The van der Waals surface area contributed by atoms with Crippen molar-refractivity contribution in [1.29, 1.82) is 0 Å². The van der Waals surface area contributed by atoms with E-state index in [1.54, 1.807) is 0 Å². The molecule has 2 aromatic rings. The maximum absolute atomic E-state index is 4.55. The van der Waals surface area contributed by atoms with Gasteiger partial charge in [0.2, 0.25) is 5.95 Å². The summed E-state index contributed by atoms with van der Waals surface area (Å²) in [5, 5.41) is 3.38. The van der Waals surface area contributed by atoms with Crippen molar-refractivity contribution >= 4 is 21.9 Å². The van der Waals surface area contributed by atoms with Crippen molar-refractivity contribution < 1.29 is 0 Å². The van der Waals surface area contributed by atoms with Gasteiger partial charge in [-0.15, -0.1) is 0 Å². The summed E-state index contributed by atoms with van der Waals surface area (Å²) in [5.74, 6) is 0.917. The maximum atomic E-state index is 4.55. The van der Waals surface area contributed by atoms with Crippen LogP contribution in [0, 0.1) is 20.8 Å². The van der Waals surface area contributed by atoms with Gasteiger partial charge in [-0.3, -0.25) is 4.57 Å². The van der Waals surface area contributed by atoms with Crippen LogP contribution in [-0.2, 0) is 0 Å². The fraction of sp³-hybridized carbons (Fsp3) is 0.400. The van der Waals surface area contributed by atoms with E-state index in [0.717, 1.165) is 30.3 Å². The number of anilines is 1. The highest BCUT2D eigenvalue weighted by Crippen LogP contribution is 2.26. The molecule has 0 radical (unpaired) electrons. The van der Waals surface area contributed by atoms with Crippen LogP contribution in [-0.4, -0.2) is 16.1 Å². The van der Waals surface area contributed by atoms with Gasteiger partial charge in [-0.25, -0.2) is 4.98 Å². The Balaban J connectivity index is 2.46. The predicted molar refractivity (Wildman–Crippen MR) is 84.3 cm³/mol. The van der Waals surface area contributed by atoms with Crippen LogP contribution in [0.15, 0.2) is 22.8 Å². The number of nitrogens with one attached hydrogen (secondary N) is 1. The predicted octanol–water partition coefficient (Wildman–Crippen LogP) is 4.38. The van der Waals surface area contributed by atoms with Crippen LogP contribution in [0.25, 0.3) is 5.69 Å². The Hall–Kier alpha value is -1.29. The molecule has 0 saturated heterocycles. The molecule has 0 unspecified atom stereocenters. The molecule has 0 amide bonds. The summed E-state index contributed by atoms with van der Waals surface area (Å²) in [6, 6.07) is 4.35. The summed E-state index contributed by atoms with van der Waals surface area (Å²) >= 11 is 3.61. The highest BCUT2D eigenvalue weighted by molar-refractivity contribution is 9.10. The number of aromatic nitrogens is 2. The van der Waals surface area contributed by atoms with Crippen LogP contribution in [0.2, 0.25) is 0 Å². The van der Waals surface area contributed by atoms with Crippen LogP contribution in [0.4, 0.5) is 5.95 Å². The zero-order valence-corrected chi connectivity index (χ0v) is 13.5. The van der Waals surface area contributed by atoms with Crippen LogP contribution in [0.1, 0.15) is 30.2 Å². The van der Waals surface area contributed by atoms with Gasteiger partial charge in [0.25, 0.3) is 0 Å². The molecule has 2 rings (SSSR count). The molecule has 0 fully saturated rings. The Morgan fingerprint density at radius 2 is 1.84 bits per heavy atom. The summed E-state index contributed by atoms with van der Waals surface area (Å²) < 4.78 is 3.30. The Bertz CT molecular complexity index is 564. The molecular formula is C15H20BrN3. The van der Waals surface area contributed by atoms with Crippen LogP contribution in [0.5, 0.6) is 0 Å². The third-order valence-electron chi connectivity index (χ3n) is 3.06. The summed E-state index contributed by atoms with van der Waals surface area (Å²) in [7, 11) is 0. The molecule has 102 valence electrons. The number of aryl methyl sites for hydroxylation is 3. The number of benzene rings is 1. The lowest BCUT2D eigenvalue weighted by Crippen LogP contribution is -2.07. The minimum atomic E-state index is 0.917. The lowest BCUT2D eigenvalue weighted by atomic mass is 10.1. The second-order valence-corrected chi connectivity index (χ2v) is 5.69. The van der Waals surface area contributed by atoms with Crippen LogP contribution >= 0.6 is 15.9 Å². The molecule has 0 atom stereocenters. The van der Waals surface area contributed by atoms with Crippen LogP contribution < -0.4 is 5.32 Å². The van der Waals surface area contributed by atoms with Crippen molar-refractivity contribution in [3.8, 4) is 5.69 Å². The first kappa shape index (κ1) is 14.1. The number of rotatable bonds is 4. The normalized spacial score (nSPS) is 10.8. The zero-order valence-electron chi connectivity index (χ0n) is 11.9. The average molecular weight is 322 g/mol. The van der Waals surface area contributed by atoms with E-state index in [1.807, 2.05) is 6.92 Å². The number of nitrogens with zero attached hydrogens (tertiary/aromatic N) is 2. The van der Waals surface area contributed by atoms with Gasteiger partial charge in [-0.05, 0) is 50.5 Å². The van der Waals surface area contributed by atoms with Gasteiger partial charge in [0.15, 0.2) is 0 Å². The quantitative estimate of drug-likeness (QED) is 0.905. The van der Waals surface area contributed by atoms with Crippen molar-refractivity contribution in [2.24, 2.45) is 0 Å². The number of hydrogen-bond donors (Lipinski definition) is 1. The van der Waals surface area contributed by atoms with Crippen molar-refractivity contribution in [2.75, 3.05) is 11.9 Å². The fourth-order valence-corrected chi connectivity index (χ4v) is 2.35. The van der Waals surface area contributed by atoms with E-state index >= 15 is 0 Å². The molecule has 0 spiro atoms. The highest BCUT2D eigenvalue weighted by Gasteiger charge is 2.09. The number of halogens is 1. The monoisotopic (exact) mass is 321 g/mol. The summed E-state index contributed by atoms with van der Waals surface area (Å²) in [6.45, 7) is 9.34. The van der Waals surface area contributed by atoms with E-state index in [0.29, 0.717) is 0 Å². The van der Waals surface area contributed by atoms with E-state index in [-0.39, 0.29) is 0 Å². The van der Waals surface area contributed by atoms with Crippen LogP contribution in [0.3, 0.4) is 0 Å². The molecule has 19 heavy (non-hydrogen) atoms. The average Bonchev–Trinajstić information content (AvgIpc) is 2.74. The molecule has 1 heterocycles. The zero-order chi connectivity index (χ0) is 14.0. The second-order valence-electron chi connectivity index (χ2n) is 4.90. The fourth-order valence-electron chi connectivity index (χ4n) is 2.12. The van der Waals surface area contributed by atoms with Gasteiger partial charge < -0.3 is 5.32 Å². The summed E-state index contributed by atoms with van der Waals surface area (Å²) in [6.07, 6.45) is 3.16. The molecule has 0 aliphatic rings. The lowest BCUT2D eigenvalue weighted by molar-refractivity contribution is 0.935. The molecule has 0 aliphatic carbocycles. The molecule has 1 aromatic heterocycles. The summed E-state index contributed by atoms with van der Waals surface area (Å²) in [4.78, 5) is 4.55. The molecule has 0 aliphatic heterocycles. The van der Waals surface area contributed by atoms with Crippen molar-refractivity contribution in [3.05, 3.63) is 39.6 Å². The minimum absolute atomic E-state index is 0.917. The maximum Gasteiger partial charge on any atom is 0.207 e. The first-order valence-electron chi connectivity index (χ1n) is 6.60. The van der Waals surface area contributed by atoms with Gasteiger partial charge in [-0.1, -0.05) is 22.9 Å². The minimum Gasteiger partial charge on any atom is -0.355 e. The Morgan fingerprint density at radius 3 is 2.42 bits per heavy atom. The largest absolute Gasteiger partial charge is 0.355 e. The SMILES string of the molecule is CCCNc1nc(C)cn1-c1cc(C)c(Br)c(C)c1. The van der Waals surface area contributed by atoms with E-state index in [4.69, 9.17) is 0 Å². The standard InChI is InChI=1S/C15H20BrN3/c1-5-6-17-15-18-12(4)9-19(15)13-7-10(2)14(16)11(3)8-13/h7-9H,5-6H2,1-4H3,(H,17,18). The van der Waals surface area contributed by atoms with Crippen molar-refractivity contribution in [1.82, 2.24) is 9.55 Å². The molecule has 1 N–H and O–H groups in total. The second kappa shape index (κ2) is 5.78. The van der Waals surface area contributed by atoms with E-state index in [1.165, 1.54) is 15.6 Å². The smallest absolute Gasteiger partial charge is 0.207 e. The molecule has 1 aromatic carbocycles. The van der Waals surface area contributed by atoms with Crippen molar-refractivity contribution in [3.63, 3.8) is 0 Å². The van der Waals surface area contributed by atoms with E-state index < -0.39 is 0 Å². The first-order chi connectivity index (χ1) is 9.02. The molecule has 0 bridgehead atoms. The number of imidazole rings is 1. The molecule has 0 saturated carbocycles. The Morgan fingerprint density at radius 1 is 1.21 bits per heavy atom. The lowest BCUT2D eigenvalue weighted by Gasteiger charge is -2.12. The number of hydrogen-bond acceptors (Lipinski definition) is 2. The van der Waals surface area contributed by atoms with Gasteiger partial charge in [0.05, 0.1) is 5.69 Å². The third-order valence-corrected chi connectivity index (χ3v) is 4.31. The Kier molecular flexibility index (Phi) is 4.30. The van der Waals surface area contributed by atoms with Gasteiger partial charge >= 0.3 is 0 Å². The van der Waals surface area contributed by atoms with E-state index in [9.17, 15) is 0 Å². The van der Waals surface area contributed by atoms with Gasteiger partial charge in [0.1, 0.15) is 0 Å². The molecule has 3 nitrogen and oxygen atoms in total. The highest BCUT2D eigenvalue weighted by atomic mass is 79.9. The third kappa shape index (κ3) is 3.00. The Labute approximate surface area is 123 Å². The van der Waals surface area contributed by atoms with E-state index in [2.05, 4.69) is 69.9 Å². The molecule has 4 heteroatoms. The van der Waals surface area contributed by atoms with Gasteiger partial charge in [0, 0.05) is 22.9 Å². The topological polar surface area (TPSA) is 29.9 Å².